The SMILES string of the molecule is CC1CS(=O)(=O)CCN1c1ccncc1C(=O)O. The lowest BCUT2D eigenvalue weighted by Gasteiger charge is -2.35. The van der Waals surface area contributed by atoms with Crippen molar-refractivity contribution in [3.05, 3.63) is 24.0 Å². The van der Waals surface area contributed by atoms with E-state index in [9.17, 15) is 13.2 Å². The lowest BCUT2D eigenvalue weighted by atomic mass is 10.2. The molecule has 0 radical (unpaired) electrons. The average molecular weight is 270 g/mol. The minimum Gasteiger partial charge on any atom is -0.478 e. The summed E-state index contributed by atoms with van der Waals surface area (Å²) in [6.07, 6.45) is 2.80. The first-order chi connectivity index (χ1) is 8.41. The van der Waals surface area contributed by atoms with Gasteiger partial charge in [-0.15, -0.1) is 0 Å². The molecule has 1 unspecified atom stereocenters. The number of hydrogen-bond donors (Lipinski definition) is 1. The second-order valence-corrected chi connectivity index (χ2v) is 6.58. The van der Waals surface area contributed by atoms with Crippen LogP contribution in [0.1, 0.15) is 17.3 Å². The van der Waals surface area contributed by atoms with Crippen molar-refractivity contribution in [2.24, 2.45) is 0 Å². The molecular weight excluding hydrogens is 256 g/mol. The highest BCUT2D eigenvalue weighted by atomic mass is 32.2. The molecule has 0 amide bonds. The van der Waals surface area contributed by atoms with Crippen molar-refractivity contribution >= 4 is 21.5 Å². The topological polar surface area (TPSA) is 87.6 Å². The van der Waals surface area contributed by atoms with E-state index >= 15 is 0 Å². The van der Waals surface area contributed by atoms with Gasteiger partial charge in [0.25, 0.3) is 0 Å². The highest BCUT2D eigenvalue weighted by Crippen LogP contribution is 2.24. The van der Waals surface area contributed by atoms with Crippen molar-refractivity contribution in [1.29, 1.82) is 0 Å². The van der Waals surface area contributed by atoms with E-state index < -0.39 is 15.8 Å². The molecule has 0 saturated carbocycles. The highest BCUT2D eigenvalue weighted by Gasteiger charge is 2.30. The molecule has 2 heterocycles. The Morgan fingerprint density at radius 2 is 2.28 bits per heavy atom. The number of aromatic carboxylic acids is 1. The molecule has 18 heavy (non-hydrogen) atoms. The van der Waals surface area contributed by atoms with Crippen LogP contribution in [0.15, 0.2) is 18.5 Å². The summed E-state index contributed by atoms with van der Waals surface area (Å²) in [6, 6.07) is 1.38. The van der Waals surface area contributed by atoms with Gasteiger partial charge in [0, 0.05) is 25.0 Å². The fourth-order valence-corrected chi connectivity index (χ4v) is 3.72. The predicted molar refractivity (Wildman–Crippen MR) is 66.7 cm³/mol. The predicted octanol–water partition coefficient (Wildman–Crippen LogP) is 0.403. The summed E-state index contributed by atoms with van der Waals surface area (Å²) in [7, 11) is -3.01. The van der Waals surface area contributed by atoms with Crippen molar-refractivity contribution < 1.29 is 18.3 Å². The zero-order valence-corrected chi connectivity index (χ0v) is 10.7. The molecule has 1 saturated heterocycles. The van der Waals surface area contributed by atoms with Gasteiger partial charge in [0.15, 0.2) is 9.84 Å². The van der Waals surface area contributed by atoms with Gasteiger partial charge in [0.2, 0.25) is 0 Å². The van der Waals surface area contributed by atoms with Crippen LogP contribution in [0.25, 0.3) is 0 Å². The molecule has 1 aliphatic heterocycles. The molecule has 6 nitrogen and oxygen atoms in total. The first-order valence-electron chi connectivity index (χ1n) is 5.55. The normalized spacial score (nSPS) is 22.7. The van der Waals surface area contributed by atoms with Crippen molar-refractivity contribution in [1.82, 2.24) is 4.98 Å². The third-order valence-electron chi connectivity index (χ3n) is 3.01. The fraction of sp³-hybridized carbons (Fsp3) is 0.455. The largest absolute Gasteiger partial charge is 0.478 e. The van der Waals surface area contributed by atoms with Gasteiger partial charge in [0.1, 0.15) is 5.56 Å². The molecule has 0 bridgehead atoms. The number of nitrogens with zero attached hydrogens (tertiary/aromatic N) is 2. The van der Waals surface area contributed by atoms with E-state index in [1.165, 1.54) is 12.4 Å². The minimum absolute atomic E-state index is 0.0500. The Kier molecular flexibility index (Phi) is 3.25. The van der Waals surface area contributed by atoms with Gasteiger partial charge in [-0.1, -0.05) is 0 Å². The van der Waals surface area contributed by atoms with Crippen LogP contribution in [-0.2, 0) is 9.84 Å². The summed E-state index contributed by atoms with van der Waals surface area (Å²) in [5, 5.41) is 9.10. The Labute approximate surface area is 105 Å². The van der Waals surface area contributed by atoms with E-state index in [-0.39, 0.29) is 23.1 Å². The van der Waals surface area contributed by atoms with Gasteiger partial charge in [-0.2, -0.15) is 0 Å². The molecule has 1 fully saturated rings. The number of carbonyl (C=O) groups is 1. The van der Waals surface area contributed by atoms with Crippen molar-refractivity contribution in [2.45, 2.75) is 13.0 Å². The van der Waals surface area contributed by atoms with Crippen LogP contribution in [0.5, 0.6) is 0 Å². The first-order valence-corrected chi connectivity index (χ1v) is 7.37. The smallest absolute Gasteiger partial charge is 0.339 e. The summed E-state index contributed by atoms with van der Waals surface area (Å²) in [6.45, 7) is 2.09. The maximum Gasteiger partial charge on any atom is 0.339 e. The van der Waals surface area contributed by atoms with Gasteiger partial charge >= 0.3 is 5.97 Å². The Morgan fingerprint density at radius 3 is 2.89 bits per heavy atom. The standard InChI is InChI=1S/C11H14N2O4S/c1-8-7-18(16,17)5-4-13(8)10-2-3-12-6-9(10)11(14)15/h2-3,6,8H,4-5,7H2,1H3,(H,14,15). The molecule has 1 aromatic heterocycles. The molecule has 1 aromatic rings. The number of sulfone groups is 1. The Balaban J connectivity index is 2.36. The fourth-order valence-electron chi connectivity index (χ4n) is 2.16. The molecular formula is C11H14N2O4S. The van der Waals surface area contributed by atoms with E-state index in [1.54, 1.807) is 13.0 Å². The van der Waals surface area contributed by atoms with Crippen LogP contribution in [-0.4, -0.2) is 48.6 Å². The van der Waals surface area contributed by atoms with Crippen LogP contribution < -0.4 is 4.90 Å². The molecule has 0 aliphatic carbocycles. The summed E-state index contributed by atoms with van der Waals surface area (Å²) >= 11 is 0. The summed E-state index contributed by atoms with van der Waals surface area (Å²) in [4.78, 5) is 16.7. The number of pyridine rings is 1. The zero-order chi connectivity index (χ0) is 13.3. The van der Waals surface area contributed by atoms with Gasteiger partial charge in [-0.05, 0) is 13.0 Å². The second kappa shape index (κ2) is 4.56. The Bertz CT molecular complexity index is 570. The molecule has 2 rings (SSSR count). The highest BCUT2D eigenvalue weighted by molar-refractivity contribution is 7.91. The molecule has 1 aliphatic rings. The summed E-state index contributed by atoms with van der Waals surface area (Å²) in [5.41, 5.74) is 0.628. The molecule has 1 N–H and O–H groups in total. The van der Waals surface area contributed by atoms with Crippen LogP contribution in [0.3, 0.4) is 0 Å². The number of aromatic nitrogens is 1. The van der Waals surface area contributed by atoms with Crippen LogP contribution in [0.2, 0.25) is 0 Å². The van der Waals surface area contributed by atoms with Crippen LogP contribution in [0, 0.1) is 0 Å². The average Bonchev–Trinajstić information content (AvgIpc) is 2.28. The van der Waals surface area contributed by atoms with E-state index in [0.29, 0.717) is 12.2 Å². The lowest BCUT2D eigenvalue weighted by Crippen LogP contribution is -2.47. The van der Waals surface area contributed by atoms with E-state index in [1.807, 2.05) is 4.90 Å². The third kappa shape index (κ3) is 2.45. The molecule has 7 heteroatoms. The number of carboxylic acid groups (broad SMARTS) is 1. The molecule has 0 spiro atoms. The van der Waals surface area contributed by atoms with Crippen molar-refractivity contribution in [3.8, 4) is 0 Å². The summed E-state index contributed by atoms with van der Waals surface area (Å²) < 4.78 is 23.0. The number of hydrogen-bond acceptors (Lipinski definition) is 5. The van der Waals surface area contributed by atoms with Crippen molar-refractivity contribution in [2.75, 3.05) is 23.0 Å². The number of rotatable bonds is 2. The van der Waals surface area contributed by atoms with Crippen LogP contribution >= 0.6 is 0 Å². The van der Waals surface area contributed by atoms with E-state index in [4.69, 9.17) is 5.11 Å². The van der Waals surface area contributed by atoms with E-state index in [0.717, 1.165) is 0 Å². The van der Waals surface area contributed by atoms with Gasteiger partial charge in [-0.3, -0.25) is 4.98 Å². The lowest BCUT2D eigenvalue weighted by molar-refractivity contribution is 0.0697. The molecule has 0 aromatic carbocycles. The minimum atomic E-state index is -3.01. The number of anilines is 1. The monoisotopic (exact) mass is 270 g/mol. The first kappa shape index (κ1) is 12.8. The Hall–Kier alpha value is -1.63. The molecule has 98 valence electrons. The van der Waals surface area contributed by atoms with Crippen LogP contribution in [0.4, 0.5) is 5.69 Å². The van der Waals surface area contributed by atoms with Gasteiger partial charge in [-0.25, -0.2) is 13.2 Å². The maximum atomic E-state index is 11.5. The number of carboxylic acids is 1. The third-order valence-corrected chi connectivity index (χ3v) is 4.80. The van der Waals surface area contributed by atoms with Gasteiger partial charge in [0.05, 0.1) is 17.2 Å². The maximum absolute atomic E-state index is 11.5. The second-order valence-electron chi connectivity index (χ2n) is 4.35. The summed E-state index contributed by atoms with van der Waals surface area (Å²) in [5.74, 6) is -0.952. The quantitative estimate of drug-likeness (QED) is 0.837. The van der Waals surface area contributed by atoms with Gasteiger partial charge < -0.3 is 10.0 Å². The Morgan fingerprint density at radius 1 is 1.56 bits per heavy atom. The zero-order valence-electron chi connectivity index (χ0n) is 9.91. The van der Waals surface area contributed by atoms with E-state index in [2.05, 4.69) is 4.98 Å². The molecule has 1 atom stereocenters. The van der Waals surface area contributed by atoms with Crippen molar-refractivity contribution in [3.63, 3.8) is 0 Å².